The smallest absolute Gasteiger partial charge is 0.366 e. The minimum atomic E-state index is -4.71. The molecule has 13 heteroatoms. The number of rotatable bonds is 8. The van der Waals surface area contributed by atoms with E-state index in [0.29, 0.717) is 17.2 Å². The molecule has 4 rings (SSSR count). The summed E-state index contributed by atoms with van der Waals surface area (Å²) in [7, 11) is 0. The Hall–Kier alpha value is -4.68. The van der Waals surface area contributed by atoms with Crippen molar-refractivity contribution in [2.75, 3.05) is 0 Å². The van der Waals surface area contributed by atoms with Crippen molar-refractivity contribution in [3.63, 3.8) is 0 Å². The number of amides is 2. The first kappa shape index (κ1) is 28.3. The summed E-state index contributed by atoms with van der Waals surface area (Å²) in [6.45, 7) is 0.755. The molecular weight excluding hydrogens is 540 g/mol. The van der Waals surface area contributed by atoms with Crippen LogP contribution in [0.25, 0.3) is 11.1 Å². The van der Waals surface area contributed by atoms with Crippen LogP contribution in [0.1, 0.15) is 39.0 Å². The van der Waals surface area contributed by atoms with Gasteiger partial charge in [-0.3, -0.25) is 19.3 Å². The first-order chi connectivity index (χ1) is 18.8. The maximum atomic E-state index is 14.1. The number of carbonyl (C=O) groups is 2. The van der Waals surface area contributed by atoms with E-state index >= 15 is 0 Å². The van der Waals surface area contributed by atoms with Gasteiger partial charge in [-0.05, 0) is 60.9 Å². The van der Waals surface area contributed by atoms with E-state index in [1.165, 1.54) is 25.3 Å². The van der Waals surface area contributed by atoms with Crippen molar-refractivity contribution in [2.24, 2.45) is 5.73 Å². The lowest BCUT2D eigenvalue weighted by Gasteiger charge is -2.22. The third-order valence-electron chi connectivity index (χ3n) is 5.97. The molecule has 40 heavy (non-hydrogen) atoms. The van der Waals surface area contributed by atoms with Crippen molar-refractivity contribution in [2.45, 2.75) is 32.1 Å². The molecule has 0 saturated carbocycles. The fourth-order valence-electron chi connectivity index (χ4n) is 4.19. The zero-order valence-electron chi connectivity index (χ0n) is 20.8. The molecule has 0 aliphatic rings. The van der Waals surface area contributed by atoms with Crippen molar-refractivity contribution >= 4 is 11.8 Å². The molecule has 0 aliphatic heterocycles. The van der Waals surface area contributed by atoms with Gasteiger partial charge in [0, 0.05) is 23.5 Å². The van der Waals surface area contributed by atoms with Gasteiger partial charge >= 0.3 is 6.18 Å². The van der Waals surface area contributed by atoms with Crippen LogP contribution in [0.5, 0.6) is 0 Å². The minimum absolute atomic E-state index is 0.0787. The molecule has 0 spiro atoms. The van der Waals surface area contributed by atoms with Crippen LogP contribution in [0.4, 0.5) is 26.3 Å². The van der Waals surface area contributed by atoms with Crippen molar-refractivity contribution in [1.29, 1.82) is 0 Å². The molecule has 2 aromatic carbocycles. The lowest BCUT2D eigenvalue weighted by atomic mass is 9.94. The zero-order valence-corrected chi connectivity index (χ0v) is 20.8. The summed E-state index contributed by atoms with van der Waals surface area (Å²) in [6, 6.07) is 9.21. The standard InChI is InChI=1S/C27H21F6N5O2/c1-14-7-23(27(31,32)33)37-38(14)13-24(39)36-22(10-15-8-17(28)12-18(29)9-15)25-19(3-2-6-35-25)16-4-5-21(30)20(11-16)26(34)40/h2-9,11-12,22H,10,13H2,1H3,(H2,34,40)(H,36,39)/t22-/m0/s1. The van der Waals surface area contributed by atoms with Gasteiger partial charge in [0.25, 0.3) is 5.91 Å². The largest absolute Gasteiger partial charge is 0.435 e. The second-order valence-corrected chi connectivity index (χ2v) is 8.92. The number of alkyl halides is 3. The molecule has 0 saturated heterocycles. The highest BCUT2D eigenvalue weighted by molar-refractivity contribution is 5.94. The summed E-state index contributed by atoms with van der Waals surface area (Å²) >= 11 is 0. The van der Waals surface area contributed by atoms with E-state index in [1.807, 2.05) is 0 Å². The van der Waals surface area contributed by atoms with Crippen LogP contribution in [-0.4, -0.2) is 26.6 Å². The first-order valence-electron chi connectivity index (χ1n) is 11.7. The van der Waals surface area contributed by atoms with E-state index in [-0.39, 0.29) is 23.4 Å². The third kappa shape index (κ3) is 6.47. The van der Waals surface area contributed by atoms with E-state index in [0.717, 1.165) is 28.9 Å². The maximum absolute atomic E-state index is 14.1. The summed E-state index contributed by atoms with van der Waals surface area (Å²) in [5.74, 6) is -4.36. The predicted molar refractivity (Wildman–Crippen MR) is 131 cm³/mol. The molecule has 4 aromatic rings. The number of pyridine rings is 1. The highest BCUT2D eigenvalue weighted by atomic mass is 19.4. The Morgan fingerprint density at radius 1 is 1.02 bits per heavy atom. The monoisotopic (exact) mass is 561 g/mol. The van der Waals surface area contributed by atoms with Crippen molar-refractivity contribution in [3.8, 4) is 11.1 Å². The lowest BCUT2D eigenvalue weighted by Crippen LogP contribution is -2.34. The highest BCUT2D eigenvalue weighted by Gasteiger charge is 2.34. The summed E-state index contributed by atoms with van der Waals surface area (Å²) in [5.41, 5.74) is 4.75. The van der Waals surface area contributed by atoms with Gasteiger partial charge in [-0.25, -0.2) is 13.2 Å². The number of carbonyl (C=O) groups excluding carboxylic acids is 2. The number of aromatic nitrogens is 3. The first-order valence-corrected chi connectivity index (χ1v) is 11.7. The van der Waals surface area contributed by atoms with Gasteiger partial charge in [0.05, 0.1) is 17.3 Å². The maximum Gasteiger partial charge on any atom is 0.435 e. The fourth-order valence-corrected chi connectivity index (χ4v) is 4.19. The van der Waals surface area contributed by atoms with E-state index in [9.17, 15) is 35.9 Å². The molecule has 3 N–H and O–H groups in total. The molecular formula is C27H21F6N5O2. The Bertz CT molecular complexity index is 1560. The van der Waals surface area contributed by atoms with Crippen LogP contribution in [0, 0.1) is 24.4 Å². The van der Waals surface area contributed by atoms with E-state index in [2.05, 4.69) is 15.4 Å². The van der Waals surface area contributed by atoms with Crippen LogP contribution in [-0.2, 0) is 23.9 Å². The van der Waals surface area contributed by atoms with Gasteiger partial charge in [0.1, 0.15) is 24.0 Å². The third-order valence-corrected chi connectivity index (χ3v) is 5.97. The van der Waals surface area contributed by atoms with Crippen LogP contribution in [0.3, 0.4) is 0 Å². The molecule has 7 nitrogen and oxygen atoms in total. The molecule has 2 aromatic heterocycles. The number of hydrogen-bond acceptors (Lipinski definition) is 4. The normalized spacial score (nSPS) is 12.3. The molecule has 1 atom stereocenters. The molecule has 0 fully saturated rings. The van der Waals surface area contributed by atoms with Crippen LogP contribution < -0.4 is 11.1 Å². The van der Waals surface area contributed by atoms with Crippen LogP contribution in [0.15, 0.2) is 60.8 Å². The molecule has 0 bridgehead atoms. The Kier molecular flexibility index (Phi) is 7.93. The van der Waals surface area contributed by atoms with E-state index in [1.54, 1.807) is 12.1 Å². The molecule has 208 valence electrons. The van der Waals surface area contributed by atoms with Gasteiger partial charge in [-0.2, -0.15) is 18.3 Å². The average molecular weight is 561 g/mol. The molecule has 2 heterocycles. The highest BCUT2D eigenvalue weighted by Crippen LogP contribution is 2.31. The van der Waals surface area contributed by atoms with Gasteiger partial charge in [0.15, 0.2) is 5.69 Å². The van der Waals surface area contributed by atoms with Gasteiger partial charge in [-0.1, -0.05) is 12.1 Å². The topological polar surface area (TPSA) is 103 Å². The fraction of sp³-hybridized carbons (Fsp3) is 0.185. The van der Waals surface area contributed by atoms with Crippen molar-refractivity contribution in [1.82, 2.24) is 20.1 Å². The Morgan fingerprint density at radius 2 is 1.73 bits per heavy atom. The van der Waals surface area contributed by atoms with Crippen molar-refractivity contribution < 1.29 is 35.9 Å². The van der Waals surface area contributed by atoms with Crippen LogP contribution >= 0.6 is 0 Å². The van der Waals surface area contributed by atoms with E-state index in [4.69, 9.17) is 5.73 Å². The number of benzene rings is 2. The number of aryl methyl sites for hydroxylation is 1. The zero-order chi connectivity index (χ0) is 29.2. The number of nitrogens with one attached hydrogen (secondary N) is 1. The Morgan fingerprint density at radius 3 is 2.35 bits per heavy atom. The average Bonchev–Trinajstić information content (AvgIpc) is 3.23. The van der Waals surface area contributed by atoms with Gasteiger partial charge < -0.3 is 11.1 Å². The molecule has 2 amide bonds. The number of primary amides is 1. The molecule has 0 radical (unpaired) electrons. The second kappa shape index (κ2) is 11.2. The number of nitrogens with two attached hydrogens (primary N) is 1. The van der Waals surface area contributed by atoms with Crippen LogP contribution in [0.2, 0.25) is 0 Å². The van der Waals surface area contributed by atoms with Gasteiger partial charge in [0.2, 0.25) is 5.91 Å². The quantitative estimate of drug-likeness (QED) is 0.299. The molecule has 0 aliphatic carbocycles. The van der Waals surface area contributed by atoms with Crippen molar-refractivity contribution in [3.05, 3.63) is 106 Å². The predicted octanol–water partition coefficient (Wildman–Crippen LogP) is 4.89. The summed E-state index contributed by atoms with van der Waals surface area (Å²) in [6.07, 6.45) is -3.51. The number of halogens is 6. The number of nitrogens with zero attached hydrogens (tertiary/aromatic N) is 3. The Labute approximate surface area is 223 Å². The molecule has 0 unspecified atom stereocenters. The Balaban J connectivity index is 1.73. The second-order valence-electron chi connectivity index (χ2n) is 8.92. The lowest BCUT2D eigenvalue weighted by molar-refractivity contribution is -0.141. The summed E-state index contributed by atoms with van der Waals surface area (Å²) in [4.78, 5) is 29.1. The minimum Gasteiger partial charge on any atom is -0.366 e. The number of hydrogen-bond donors (Lipinski definition) is 2. The van der Waals surface area contributed by atoms with Gasteiger partial charge in [-0.15, -0.1) is 0 Å². The summed E-state index contributed by atoms with van der Waals surface area (Å²) < 4.78 is 82.1. The SMILES string of the molecule is Cc1cc(C(F)(F)F)nn1CC(=O)N[C@@H](Cc1cc(F)cc(F)c1)c1ncccc1-c1ccc(F)c(C(N)=O)c1. The van der Waals surface area contributed by atoms with E-state index < -0.39 is 59.3 Å². The summed E-state index contributed by atoms with van der Waals surface area (Å²) in [5, 5.41) is 6.09.